The van der Waals surface area contributed by atoms with Crippen molar-refractivity contribution in [2.24, 2.45) is 5.92 Å². The molecule has 1 unspecified atom stereocenters. The summed E-state index contributed by atoms with van der Waals surface area (Å²) < 4.78 is 47.0. The highest BCUT2D eigenvalue weighted by molar-refractivity contribution is 7.48. The number of aliphatic hydroxyl groups excluding tert-OH is 1. The molecular weight excluding hydrogens is 679 g/mol. The van der Waals surface area contributed by atoms with Crippen LogP contribution >= 0.6 is 7.82 Å². The number of nitrogens with one attached hydrogen (secondary N) is 3. The maximum atomic E-state index is 14.4. The maximum Gasteiger partial charge on any atom is 0.476 e. The van der Waals surface area contributed by atoms with Crippen LogP contribution in [0.15, 0.2) is 26.9 Å². The number of aromatic amines is 2. The lowest BCUT2D eigenvalue weighted by atomic mass is 9.97. The van der Waals surface area contributed by atoms with Gasteiger partial charge in [0.1, 0.15) is 30.8 Å². The molecule has 2 aliphatic rings. The highest BCUT2D eigenvalue weighted by Crippen LogP contribution is 2.57. The van der Waals surface area contributed by atoms with E-state index in [1.165, 1.54) is 37.9 Å². The maximum absolute atomic E-state index is 14.4. The molecule has 2 aliphatic heterocycles. The summed E-state index contributed by atoms with van der Waals surface area (Å²) in [5, 5.41) is 13.6. The van der Waals surface area contributed by atoms with Crippen molar-refractivity contribution < 1.29 is 37.5 Å². The molecule has 1 amide bonds. The number of amides is 1. The van der Waals surface area contributed by atoms with Crippen molar-refractivity contribution in [1.29, 1.82) is 0 Å². The quantitative estimate of drug-likeness (QED) is 0.113. The van der Waals surface area contributed by atoms with Gasteiger partial charge in [-0.2, -0.15) is 4.98 Å². The lowest BCUT2D eigenvalue weighted by Crippen LogP contribution is -2.45. The fraction of sp³-hybridized carbons (Fsp3) is 0.633. The molecule has 0 aliphatic carbocycles. The summed E-state index contributed by atoms with van der Waals surface area (Å²) in [5.74, 6) is -0.775. The van der Waals surface area contributed by atoms with E-state index in [-0.39, 0.29) is 60.5 Å². The molecule has 2 saturated heterocycles. The summed E-state index contributed by atoms with van der Waals surface area (Å²) in [6.45, 7) is 16.5. The lowest BCUT2D eigenvalue weighted by Gasteiger charge is -2.36. The van der Waals surface area contributed by atoms with Crippen LogP contribution in [0.2, 0.25) is 0 Å². The summed E-state index contributed by atoms with van der Waals surface area (Å²) in [6, 6.07) is 0. The fourth-order valence-corrected chi connectivity index (χ4v) is 7.53. The monoisotopic (exact) mass is 720 g/mol. The Morgan fingerprint density at radius 1 is 1.20 bits per heavy atom. The number of hydrogen-bond acceptors (Lipinski definition) is 13. The average molecular weight is 721 g/mol. The minimum absolute atomic E-state index is 0.0134. The van der Waals surface area contributed by atoms with E-state index in [1.807, 2.05) is 6.92 Å². The van der Waals surface area contributed by atoms with E-state index < -0.39 is 67.1 Å². The minimum atomic E-state index is -4.53. The van der Waals surface area contributed by atoms with Gasteiger partial charge in [0.15, 0.2) is 11.2 Å². The predicted octanol–water partition coefficient (Wildman–Crippen LogP) is 2.14. The first-order chi connectivity index (χ1) is 23.6. The van der Waals surface area contributed by atoms with Crippen LogP contribution in [0.4, 0.5) is 5.95 Å². The van der Waals surface area contributed by atoms with Crippen LogP contribution < -0.4 is 22.1 Å². The molecule has 272 valence electrons. The van der Waals surface area contributed by atoms with Crippen molar-refractivity contribution in [3.63, 3.8) is 0 Å². The Bertz CT molecular complexity index is 2000. The van der Waals surface area contributed by atoms with Crippen molar-refractivity contribution in [2.45, 2.75) is 103 Å². The first-order valence-electron chi connectivity index (χ1n) is 16.1. The van der Waals surface area contributed by atoms with Gasteiger partial charge in [-0.25, -0.2) is 20.9 Å². The van der Waals surface area contributed by atoms with Crippen molar-refractivity contribution in [1.82, 2.24) is 29.1 Å². The zero-order chi connectivity index (χ0) is 36.5. The van der Waals surface area contributed by atoms with Crippen molar-refractivity contribution in [3.8, 4) is 0 Å². The third kappa shape index (κ3) is 7.81. The molecule has 50 heavy (non-hydrogen) atoms. The number of hydrogen-bond donors (Lipinski definition) is 4. The Kier molecular flexibility index (Phi) is 10.9. The number of nitrogens with zero attached hydrogens (tertiary/aromatic N) is 5. The molecule has 2 fully saturated rings. The molecule has 5 heterocycles. The molecule has 0 aromatic carbocycles. The van der Waals surface area contributed by atoms with Gasteiger partial charge in [0.2, 0.25) is 18.4 Å². The second-order valence-corrected chi connectivity index (χ2v) is 14.5. The summed E-state index contributed by atoms with van der Waals surface area (Å²) in [7, 11) is -4.53. The van der Waals surface area contributed by atoms with Crippen LogP contribution in [0, 0.1) is 19.4 Å². The number of carbonyl (C=O) groups excluding carboxylic acids is 1. The second-order valence-electron chi connectivity index (χ2n) is 12.9. The Balaban J connectivity index is 1.37. The van der Waals surface area contributed by atoms with Gasteiger partial charge < -0.3 is 19.4 Å². The number of phosphoric ester groups is 1. The minimum Gasteiger partial charge on any atom is -0.390 e. The number of aliphatic hydroxyl groups is 1. The third-order valence-corrected chi connectivity index (χ3v) is 10.1. The Labute approximate surface area is 285 Å². The van der Waals surface area contributed by atoms with Gasteiger partial charge in [0.25, 0.3) is 11.1 Å². The van der Waals surface area contributed by atoms with E-state index in [2.05, 4.69) is 30.1 Å². The predicted molar refractivity (Wildman–Crippen MR) is 176 cm³/mol. The molecule has 5 rings (SSSR count). The van der Waals surface area contributed by atoms with Gasteiger partial charge in [-0.15, -0.1) is 0 Å². The van der Waals surface area contributed by atoms with Crippen LogP contribution in [-0.2, 0) is 32.4 Å². The van der Waals surface area contributed by atoms with Crippen LogP contribution in [-0.4, -0.2) is 83.3 Å². The Hall–Kier alpha value is -4.02. The molecule has 20 heteroatoms. The van der Waals surface area contributed by atoms with E-state index in [1.54, 1.807) is 13.8 Å². The number of aromatic nitrogens is 6. The number of anilines is 1. The molecule has 19 nitrogen and oxygen atoms in total. The van der Waals surface area contributed by atoms with Crippen molar-refractivity contribution >= 4 is 30.8 Å². The number of rotatable bonds is 13. The number of imidazole rings is 1. The van der Waals surface area contributed by atoms with Gasteiger partial charge >= 0.3 is 13.5 Å². The number of ether oxygens (including phenoxy) is 2. The van der Waals surface area contributed by atoms with Gasteiger partial charge in [-0.3, -0.25) is 52.4 Å². The SMILES string of the molecule is [C-]#[N+]CCOP(=O)(O[C@@H]1C[C@H](n2cnc3c(=O)[nH]c(NC(=O)C(C)C)nc32)O[C@@H]1CC)OC(C)(C)[C@H]1O[C@@H](n2cc(C)c(=O)[nH]c2=O)C[C@H]1O. The van der Waals surface area contributed by atoms with Crippen LogP contribution in [0.1, 0.15) is 71.9 Å². The van der Waals surface area contributed by atoms with Crippen LogP contribution in [0.25, 0.3) is 16.0 Å². The van der Waals surface area contributed by atoms with Crippen molar-refractivity contribution in [2.75, 3.05) is 18.5 Å². The molecule has 0 radical (unpaired) electrons. The van der Waals surface area contributed by atoms with Crippen LogP contribution in [0.5, 0.6) is 0 Å². The molecule has 0 spiro atoms. The van der Waals surface area contributed by atoms with Gasteiger partial charge in [0, 0.05) is 30.5 Å². The number of fused-ring (bicyclic) bond motifs is 1. The van der Waals surface area contributed by atoms with Gasteiger partial charge in [-0.05, 0) is 27.2 Å². The number of H-pyrrole nitrogens is 2. The Morgan fingerprint density at radius 3 is 2.60 bits per heavy atom. The largest absolute Gasteiger partial charge is 0.476 e. The average Bonchev–Trinajstić information content (AvgIpc) is 3.75. The molecule has 3 aromatic heterocycles. The molecule has 4 N–H and O–H groups in total. The normalized spacial score (nSPS) is 25.2. The summed E-state index contributed by atoms with van der Waals surface area (Å²) in [4.78, 5) is 65.9. The van der Waals surface area contributed by atoms with Crippen molar-refractivity contribution in [3.05, 3.63) is 60.7 Å². The van der Waals surface area contributed by atoms with E-state index in [4.69, 9.17) is 29.6 Å². The van der Waals surface area contributed by atoms with E-state index in [9.17, 15) is 28.8 Å². The first-order valence-corrected chi connectivity index (χ1v) is 17.6. The number of aryl methyl sites for hydroxylation is 1. The second kappa shape index (κ2) is 14.7. The number of phosphoric acid groups is 1. The molecule has 0 bridgehead atoms. The smallest absolute Gasteiger partial charge is 0.390 e. The molecule has 0 saturated carbocycles. The highest BCUT2D eigenvalue weighted by atomic mass is 31.2. The van der Waals surface area contributed by atoms with Gasteiger partial charge in [-0.1, -0.05) is 20.8 Å². The highest BCUT2D eigenvalue weighted by Gasteiger charge is 2.51. The van der Waals surface area contributed by atoms with E-state index in [0.717, 1.165) is 4.57 Å². The Morgan fingerprint density at radius 2 is 1.92 bits per heavy atom. The summed E-state index contributed by atoms with van der Waals surface area (Å²) >= 11 is 0. The fourth-order valence-electron chi connectivity index (χ4n) is 5.84. The van der Waals surface area contributed by atoms with E-state index in [0.29, 0.717) is 6.42 Å². The lowest BCUT2D eigenvalue weighted by molar-refractivity contribution is -0.125. The van der Waals surface area contributed by atoms with E-state index >= 15 is 0 Å². The zero-order valence-electron chi connectivity index (χ0n) is 28.4. The van der Waals surface area contributed by atoms with Gasteiger partial charge in [0.05, 0.1) is 24.6 Å². The summed E-state index contributed by atoms with van der Waals surface area (Å²) in [6.07, 6.45) is -2.45. The molecular formula is C30H41N8O11P. The summed E-state index contributed by atoms with van der Waals surface area (Å²) in [5.41, 5.74) is -2.96. The molecule has 3 aromatic rings. The topological polar surface area (TPSA) is 235 Å². The van der Waals surface area contributed by atoms with Crippen LogP contribution in [0.3, 0.4) is 0 Å². The zero-order valence-corrected chi connectivity index (χ0v) is 29.3. The standard InChI is InChI=1S/C30H41N8O11P/c1-8-18-19(12-21(46-18)38-14-32-22-24(38)33-28(35-27(22)42)34-25(40)15(2)3)48-50(44,45-10-9-31-7)49-30(5,6)23-17(39)11-20(47-23)37-13-16(4)26(41)36-29(37)43/h13-15,17-21,23,39H,8-12H2,1-6H3,(H,36,41,43)(H2,33,34,35,40,42)/t17-,18-,19-,20-,21-,23+,50?/m1/s1. The third-order valence-electron chi connectivity index (χ3n) is 8.39. The number of carbonyl (C=O) groups is 1. The molecule has 7 atom stereocenters. The first kappa shape index (κ1) is 37.2.